The van der Waals surface area contributed by atoms with Gasteiger partial charge in [0.15, 0.2) is 6.61 Å². The van der Waals surface area contributed by atoms with Crippen LogP contribution in [0.5, 0.6) is 0 Å². The molecule has 2 aromatic rings. The fourth-order valence-corrected chi connectivity index (χ4v) is 6.17. The summed E-state index contributed by atoms with van der Waals surface area (Å²) in [7, 11) is -3.75. The van der Waals surface area contributed by atoms with E-state index in [2.05, 4.69) is 12.2 Å². The zero-order chi connectivity index (χ0) is 23.4. The molecule has 0 spiro atoms. The van der Waals surface area contributed by atoms with Crippen LogP contribution in [-0.2, 0) is 26.0 Å². The summed E-state index contributed by atoms with van der Waals surface area (Å²) in [5.41, 5.74) is 1.91. The zero-order valence-corrected chi connectivity index (χ0v) is 19.6. The van der Waals surface area contributed by atoms with Gasteiger partial charge >= 0.3 is 5.97 Å². The number of carbonyl (C=O) groups is 2. The number of para-hydroxylation sites is 1. The van der Waals surface area contributed by atoms with Crippen LogP contribution >= 0.6 is 0 Å². The van der Waals surface area contributed by atoms with Gasteiger partial charge in [-0.25, -0.2) is 13.2 Å². The molecule has 7 nitrogen and oxygen atoms in total. The lowest BCUT2D eigenvalue weighted by Crippen LogP contribution is -2.42. The van der Waals surface area contributed by atoms with Crippen molar-refractivity contribution in [2.45, 2.75) is 56.4 Å². The van der Waals surface area contributed by atoms with E-state index in [1.165, 1.54) is 35.0 Å². The summed E-state index contributed by atoms with van der Waals surface area (Å²) >= 11 is 0. The van der Waals surface area contributed by atoms with E-state index in [0.29, 0.717) is 18.2 Å². The lowest BCUT2D eigenvalue weighted by Gasteiger charge is -2.30. The van der Waals surface area contributed by atoms with Crippen LogP contribution in [-0.4, -0.2) is 39.5 Å². The zero-order valence-electron chi connectivity index (χ0n) is 18.8. The lowest BCUT2D eigenvalue weighted by molar-refractivity contribution is -0.125. The van der Waals surface area contributed by atoms with E-state index in [-0.39, 0.29) is 29.0 Å². The van der Waals surface area contributed by atoms with Crippen LogP contribution in [0.3, 0.4) is 0 Å². The number of amides is 1. The van der Waals surface area contributed by atoms with Crippen molar-refractivity contribution in [3.63, 3.8) is 0 Å². The fourth-order valence-electron chi connectivity index (χ4n) is 4.63. The summed E-state index contributed by atoms with van der Waals surface area (Å²) in [6, 6.07) is 13.3. The summed E-state index contributed by atoms with van der Waals surface area (Å²) in [6.45, 7) is 2.18. The summed E-state index contributed by atoms with van der Waals surface area (Å²) in [4.78, 5) is 24.7. The second-order valence-corrected chi connectivity index (χ2v) is 10.7. The van der Waals surface area contributed by atoms with Crippen molar-refractivity contribution in [3.8, 4) is 0 Å². The van der Waals surface area contributed by atoms with Crippen LogP contribution in [0.25, 0.3) is 0 Å². The predicted molar refractivity (Wildman–Crippen MR) is 126 cm³/mol. The van der Waals surface area contributed by atoms with E-state index in [1.54, 1.807) is 0 Å². The molecule has 2 aromatic carbocycles. The highest BCUT2D eigenvalue weighted by Gasteiger charge is 2.29. The monoisotopic (exact) mass is 470 g/mol. The van der Waals surface area contributed by atoms with Gasteiger partial charge in [-0.3, -0.25) is 9.10 Å². The Labute approximate surface area is 195 Å². The van der Waals surface area contributed by atoms with Gasteiger partial charge in [-0.1, -0.05) is 38.0 Å². The normalized spacial score (nSPS) is 20.6. The van der Waals surface area contributed by atoms with E-state index in [4.69, 9.17) is 4.74 Å². The van der Waals surface area contributed by atoms with Gasteiger partial charge in [-0.15, -0.1) is 0 Å². The molecular weight excluding hydrogens is 440 g/mol. The maximum atomic E-state index is 13.2. The number of aryl methyl sites for hydroxylation is 1. The Bertz CT molecular complexity index is 1110. The molecule has 176 valence electrons. The molecule has 0 bridgehead atoms. The number of fused-ring (bicyclic) bond motifs is 1. The number of ether oxygens (including phenoxy) is 1. The Hall–Kier alpha value is -2.87. The molecular formula is C25H30N2O5S. The number of hydrogen-bond donors (Lipinski definition) is 1. The molecule has 2 unspecified atom stereocenters. The van der Waals surface area contributed by atoms with Gasteiger partial charge in [0.2, 0.25) is 0 Å². The number of sulfonamides is 1. The highest BCUT2D eigenvalue weighted by molar-refractivity contribution is 7.92. The number of nitrogens with one attached hydrogen (secondary N) is 1. The Morgan fingerprint density at radius 2 is 1.76 bits per heavy atom. The van der Waals surface area contributed by atoms with E-state index < -0.39 is 16.0 Å². The van der Waals surface area contributed by atoms with Gasteiger partial charge in [-0.2, -0.15) is 0 Å². The van der Waals surface area contributed by atoms with Crippen LogP contribution in [0, 0.1) is 5.92 Å². The first-order chi connectivity index (χ1) is 15.9. The first-order valence-corrected chi connectivity index (χ1v) is 13.0. The number of esters is 1. The molecule has 1 fully saturated rings. The number of carbonyl (C=O) groups excluding carboxylic acids is 2. The standard InChI is InChI=1S/C25H30N2O5S/c1-18-7-2-4-10-22(18)26-24(28)17-32-25(29)20-12-14-21(15-13-20)33(30,31)27-16-6-9-19-8-3-5-11-23(19)27/h3,5,8,11-15,18,22H,2,4,6-7,9-10,16-17H2,1H3,(H,26,28). The number of hydrogen-bond acceptors (Lipinski definition) is 5. The molecule has 1 aliphatic heterocycles. The molecule has 1 amide bonds. The Balaban J connectivity index is 1.38. The lowest BCUT2D eigenvalue weighted by atomic mass is 9.86. The second-order valence-electron chi connectivity index (χ2n) is 8.85. The highest BCUT2D eigenvalue weighted by Crippen LogP contribution is 2.31. The molecule has 33 heavy (non-hydrogen) atoms. The molecule has 0 aromatic heterocycles. The van der Waals surface area contributed by atoms with E-state index in [1.807, 2.05) is 24.3 Å². The van der Waals surface area contributed by atoms with Gasteiger partial charge in [0.05, 0.1) is 16.1 Å². The number of nitrogens with zero attached hydrogens (tertiary/aromatic N) is 1. The minimum absolute atomic E-state index is 0.111. The molecule has 1 aliphatic carbocycles. The Morgan fingerprint density at radius 1 is 1.03 bits per heavy atom. The van der Waals surface area contributed by atoms with Crippen LogP contribution in [0.2, 0.25) is 0 Å². The van der Waals surface area contributed by atoms with Crippen molar-refractivity contribution >= 4 is 27.6 Å². The number of benzene rings is 2. The third-order valence-electron chi connectivity index (χ3n) is 6.54. The molecule has 8 heteroatoms. The van der Waals surface area contributed by atoms with Gasteiger partial charge in [-0.05, 0) is 67.5 Å². The van der Waals surface area contributed by atoms with E-state index in [0.717, 1.165) is 37.7 Å². The molecule has 0 radical (unpaired) electrons. The average molecular weight is 471 g/mol. The predicted octanol–water partition coefficient (Wildman–Crippen LogP) is 3.68. The Kier molecular flexibility index (Phi) is 7.02. The summed E-state index contributed by atoms with van der Waals surface area (Å²) in [5.74, 6) is -0.557. The molecule has 2 aliphatic rings. The van der Waals surface area contributed by atoms with Crippen molar-refractivity contribution < 1.29 is 22.7 Å². The number of anilines is 1. The van der Waals surface area contributed by atoms with Crippen molar-refractivity contribution in [2.24, 2.45) is 5.92 Å². The molecule has 0 saturated heterocycles. The third kappa shape index (κ3) is 5.21. The van der Waals surface area contributed by atoms with Crippen molar-refractivity contribution in [3.05, 3.63) is 59.7 Å². The third-order valence-corrected chi connectivity index (χ3v) is 8.37. The molecule has 1 heterocycles. The maximum absolute atomic E-state index is 13.2. The maximum Gasteiger partial charge on any atom is 0.338 e. The van der Waals surface area contributed by atoms with Gasteiger partial charge in [0.25, 0.3) is 15.9 Å². The van der Waals surface area contributed by atoms with E-state index >= 15 is 0 Å². The Morgan fingerprint density at radius 3 is 2.52 bits per heavy atom. The SMILES string of the molecule is CC1CCCCC1NC(=O)COC(=O)c1ccc(S(=O)(=O)N2CCCc3ccccc32)cc1. The summed E-state index contributed by atoms with van der Waals surface area (Å²) in [5, 5.41) is 2.95. The smallest absolute Gasteiger partial charge is 0.338 e. The highest BCUT2D eigenvalue weighted by atomic mass is 32.2. The molecule has 1 N–H and O–H groups in total. The topological polar surface area (TPSA) is 92.8 Å². The van der Waals surface area contributed by atoms with Crippen molar-refractivity contribution in [1.29, 1.82) is 0 Å². The van der Waals surface area contributed by atoms with Crippen molar-refractivity contribution in [1.82, 2.24) is 5.32 Å². The molecule has 4 rings (SSSR count). The first-order valence-electron chi connectivity index (χ1n) is 11.5. The van der Waals surface area contributed by atoms with Gasteiger partial charge < -0.3 is 10.1 Å². The van der Waals surface area contributed by atoms with E-state index in [9.17, 15) is 18.0 Å². The second kappa shape index (κ2) is 9.95. The minimum Gasteiger partial charge on any atom is -0.452 e. The average Bonchev–Trinajstić information content (AvgIpc) is 2.83. The number of rotatable bonds is 6. The summed E-state index contributed by atoms with van der Waals surface area (Å²) < 4.78 is 33.0. The van der Waals surface area contributed by atoms with Gasteiger partial charge in [0, 0.05) is 12.6 Å². The first kappa shape index (κ1) is 23.3. The van der Waals surface area contributed by atoms with Crippen LogP contribution in [0.15, 0.2) is 53.4 Å². The van der Waals surface area contributed by atoms with Crippen molar-refractivity contribution in [2.75, 3.05) is 17.5 Å². The van der Waals surface area contributed by atoms with Crippen LogP contribution < -0.4 is 9.62 Å². The fraction of sp³-hybridized carbons (Fsp3) is 0.440. The minimum atomic E-state index is -3.75. The quantitative estimate of drug-likeness (QED) is 0.650. The van der Waals surface area contributed by atoms with Crippen LogP contribution in [0.4, 0.5) is 5.69 Å². The van der Waals surface area contributed by atoms with Gasteiger partial charge in [0.1, 0.15) is 0 Å². The largest absolute Gasteiger partial charge is 0.452 e. The molecule has 1 saturated carbocycles. The van der Waals surface area contributed by atoms with Crippen LogP contribution in [0.1, 0.15) is 54.9 Å². The summed E-state index contributed by atoms with van der Waals surface area (Å²) in [6.07, 6.45) is 5.90. The molecule has 2 atom stereocenters.